The summed E-state index contributed by atoms with van der Waals surface area (Å²) >= 11 is 0. The second-order valence-electron chi connectivity index (χ2n) is 20.8. The first-order chi connectivity index (χ1) is 28.8. The van der Waals surface area contributed by atoms with Crippen LogP contribution in [0.2, 0.25) is 0 Å². The molecule has 9 rings (SSSR count). The highest BCUT2D eigenvalue weighted by atomic mass is 17.0. The molecule has 3 N–H and O–H groups in total. The minimum Gasteiger partial charge on any atom is -0.458 e. The van der Waals surface area contributed by atoms with Crippen molar-refractivity contribution in [2.75, 3.05) is 6.61 Å². The third-order valence-electron chi connectivity index (χ3n) is 16.8. The molecule has 0 radical (unpaired) electrons. The molecule has 5 aliphatic heterocycles. The third-order valence-corrected chi connectivity index (χ3v) is 16.8. The number of aliphatic hydroxyl groups is 3. The zero-order chi connectivity index (χ0) is 43.4. The van der Waals surface area contributed by atoms with Crippen molar-refractivity contribution in [1.29, 1.82) is 0 Å². The van der Waals surface area contributed by atoms with E-state index in [-0.39, 0.29) is 67.1 Å². The number of rotatable bonds is 9. The van der Waals surface area contributed by atoms with E-state index in [9.17, 15) is 30.2 Å². The Morgan fingerprint density at radius 2 is 1.48 bits per heavy atom. The van der Waals surface area contributed by atoms with Crippen molar-refractivity contribution in [2.45, 2.75) is 216 Å². The largest absolute Gasteiger partial charge is 0.458 e. The predicted octanol–water partition coefficient (Wildman–Crippen LogP) is 4.23. The van der Waals surface area contributed by atoms with Crippen molar-refractivity contribution < 1.29 is 72.7 Å². The van der Waals surface area contributed by atoms with E-state index < -0.39 is 83.5 Å². The SMILES string of the molecule is C[C@H]1O[C@@H](O[C@H]2[C@@H](O)C[C@H](O[C@H]3CC[C@@]4(C)[C@H](CC[C@@H]5[C@@H]4CC[C@]4(C)[C@@H](C6=CC(=O)OC6)[C@@H](O)C[C@]54O)C3)O[C@@H]2C)C[C@H](O[N+](=O)[O-])[C@@H]1O[C@H]1C[C@@H]2OC(C)(C)O[C@@H]2[C@@H](C)O1. The molecule has 0 unspecified atom stereocenters. The number of hydrogen-bond acceptors (Lipinski definition) is 16. The molecule has 0 bridgehead atoms. The fraction of sp³-hybridized carbons (Fsp3) is 0.932. The van der Waals surface area contributed by atoms with Crippen LogP contribution in [0.3, 0.4) is 0 Å². The first-order valence-electron chi connectivity index (χ1n) is 22.8. The molecule has 17 nitrogen and oxygen atoms in total. The van der Waals surface area contributed by atoms with E-state index in [1.807, 2.05) is 27.7 Å². The van der Waals surface area contributed by atoms with E-state index in [1.54, 1.807) is 6.92 Å². The highest BCUT2D eigenvalue weighted by Gasteiger charge is 2.70. The van der Waals surface area contributed by atoms with Gasteiger partial charge in [-0.05, 0) is 108 Å². The summed E-state index contributed by atoms with van der Waals surface area (Å²) in [6.45, 7) is 13.8. The zero-order valence-corrected chi connectivity index (χ0v) is 36.6. The van der Waals surface area contributed by atoms with Crippen molar-refractivity contribution in [3.63, 3.8) is 0 Å². The molecule has 9 aliphatic rings. The number of hydrogen-bond donors (Lipinski definition) is 3. The second kappa shape index (κ2) is 16.1. The summed E-state index contributed by atoms with van der Waals surface area (Å²) in [6, 6.07) is 0. The summed E-state index contributed by atoms with van der Waals surface area (Å²) in [5, 5.41) is 46.3. The molecule has 4 aliphatic carbocycles. The van der Waals surface area contributed by atoms with Gasteiger partial charge >= 0.3 is 5.97 Å². The number of carbonyl (C=O) groups is 1. The van der Waals surface area contributed by atoms with Gasteiger partial charge in [-0.1, -0.05) is 13.8 Å². The first-order valence-corrected chi connectivity index (χ1v) is 22.8. The number of nitrogens with zero attached hydrogens (tertiary/aromatic N) is 1. The van der Waals surface area contributed by atoms with Crippen LogP contribution in [-0.4, -0.2) is 130 Å². The molecule has 0 aromatic carbocycles. The van der Waals surface area contributed by atoms with Crippen LogP contribution in [-0.2, 0) is 52.3 Å². The van der Waals surface area contributed by atoms with E-state index in [1.165, 1.54) is 6.08 Å². The Balaban J connectivity index is 0.782. The maximum absolute atomic E-state index is 12.6. The minimum absolute atomic E-state index is 0.00710. The molecule has 0 amide bonds. The van der Waals surface area contributed by atoms with Gasteiger partial charge in [-0.25, -0.2) is 4.79 Å². The fourth-order valence-corrected chi connectivity index (χ4v) is 14.0. The minimum atomic E-state index is -1.03. The Bertz CT molecular complexity index is 1690. The van der Waals surface area contributed by atoms with Gasteiger partial charge in [0.25, 0.3) is 5.09 Å². The second-order valence-corrected chi connectivity index (χ2v) is 20.8. The normalized spacial score (nSPS) is 52.9. The molecule has 0 aromatic rings. The maximum Gasteiger partial charge on any atom is 0.331 e. The average molecular weight is 866 g/mol. The van der Waals surface area contributed by atoms with Gasteiger partial charge in [0.2, 0.25) is 0 Å². The topological polar surface area (TPSA) is 213 Å². The number of fused-ring (bicyclic) bond motifs is 6. The van der Waals surface area contributed by atoms with Crippen molar-refractivity contribution in [2.24, 2.45) is 34.5 Å². The van der Waals surface area contributed by atoms with Gasteiger partial charge in [-0.2, -0.15) is 0 Å². The number of esters is 1. The Hall–Kier alpha value is -2.03. The molecule has 61 heavy (non-hydrogen) atoms. The number of cyclic esters (lactones) is 1. The molecule has 4 saturated carbocycles. The third kappa shape index (κ3) is 7.86. The standard InChI is InChI=1S/C44H67NO16/c1-21-38(57-36-18-32(61-45(50)51)39(22(2)54-36)58-35-17-31-40(23(3)55-35)60-41(4,5)59-31)29(46)16-34(53-21)56-26-10-12-42(6)25(15-26)8-9-28-27(42)11-13-43(7)37(24-14-33(48)52-20-24)30(47)19-44(28,43)49/h14,21-23,25-32,34-40,46-47,49H,8-13,15-20H2,1-7H3/t21-,22-,23-,25-,26+,27+,28-,29+,30+,31+,32+,34+,35+,36+,37+,38-,39-,40-,42+,43-,44+/m1/s1. The quantitative estimate of drug-likeness (QED) is 0.128. The smallest absolute Gasteiger partial charge is 0.331 e. The van der Waals surface area contributed by atoms with E-state index in [2.05, 4.69) is 13.8 Å². The summed E-state index contributed by atoms with van der Waals surface area (Å²) in [7, 11) is 0. The van der Waals surface area contributed by atoms with Crippen LogP contribution in [0, 0.1) is 44.6 Å². The number of carbonyl (C=O) groups excluding carboxylic acids is 1. The monoisotopic (exact) mass is 865 g/mol. The van der Waals surface area contributed by atoms with Gasteiger partial charge in [0.05, 0.1) is 48.3 Å². The molecular formula is C44H67NO16. The van der Waals surface area contributed by atoms with Gasteiger partial charge in [0.15, 0.2) is 24.7 Å². The van der Waals surface area contributed by atoms with Gasteiger partial charge in [0.1, 0.15) is 31.0 Å². The Morgan fingerprint density at radius 1 is 0.787 bits per heavy atom. The van der Waals surface area contributed by atoms with Crippen LogP contribution in [0.15, 0.2) is 11.6 Å². The predicted molar refractivity (Wildman–Crippen MR) is 210 cm³/mol. The lowest BCUT2D eigenvalue weighted by atomic mass is 9.43. The van der Waals surface area contributed by atoms with Gasteiger partial charge in [-0.3, -0.25) is 0 Å². The summed E-state index contributed by atoms with van der Waals surface area (Å²) in [5.74, 6) is -0.672. The molecule has 21 atom stereocenters. The van der Waals surface area contributed by atoms with Crippen LogP contribution in [0.4, 0.5) is 0 Å². The molecule has 344 valence electrons. The lowest BCUT2D eigenvalue weighted by Crippen LogP contribution is -2.62. The summed E-state index contributed by atoms with van der Waals surface area (Å²) in [4.78, 5) is 28.8. The highest BCUT2D eigenvalue weighted by Crippen LogP contribution is 2.70. The molecule has 0 aromatic heterocycles. The zero-order valence-electron chi connectivity index (χ0n) is 36.6. The molecular weight excluding hydrogens is 798 g/mol. The van der Waals surface area contributed by atoms with Crippen LogP contribution in [0.5, 0.6) is 0 Å². The highest BCUT2D eigenvalue weighted by molar-refractivity contribution is 5.85. The van der Waals surface area contributed by atoms with Gasteiger partial charge in [-0.15, -0.1) is 10.1 Å². The van der Waals surface area contributed by atoms with Gasteiger partial charge < -0.3 is 62.8 Å². The van der Waals surface area contributed by atoms with Crippen LogP contribution in [0.25, 0.3) is 0 Å². The van der Waals surface area contributed by atoms with Crippen molar-refractivity contribution in [3.05, 3.63) is 21.8 Å². The summed E-state index contributed by atoms with van der Waals surface area (Å²) < 4.78 is 55.2. The average Bonchev–Trinajstić information content (AvgIpc) is 3.79. The molecule has 17 heteroatoms. The van der Waals surface area contributed by atoms with Gasteiger partial charge in [0, 0.05) is 43.1 Å². The number of aliphatic hydroxyl groups excluding tert-OH is 2. The Morgan fingerprint density at radius 3 is 2.18 bits per heavy atom. The summed E-state index contributed by atoms with van der Waals surface area (Å²) in [5.41, 5.74) is -0.756. The van der Waals surface area contributed by atoms with Crippen LogP contribution in [0.1, 0.15) is 119 Å². The number of ether oxygens (including phenoxy) is 9. The van der Waals surface area contributed by atoms with Crippen molar-refractivity contribution in [1.82, 2.24) is 0 Å². The molecule has 8 fully saturated rings. The van der Waals surface area contributed by atoms with Crippen LogP contribution >= 0.6 is 0 Å². The lowest BCUT2D eigenvalue weighted by Gasteiger charge is -2.63. The summed E-state index contributed by atoms with van der Waals surface area (Å²) in [6.07, 6.45) is -0.265. The van der Waals surface area contributed by atoms with E-state index in [4.69, 9.17) is 47.5 Å². The van der Waals surface area contributed by atoms with Crippen LogP contribution < -0.4 is 0 Å². The first kappa shape index (κ1) is 44.2. The molecule has 5 heterocycles. The van der Waals surface area contributed by atoms with E-state index in [0.717, 1.165) is 50.5 Å². The fourth-order valence-electron chi connectivity index (χ4n) is 14.0. The molecule has 4 saturated heterocycles. The molecule has 0 spiro atoms. The maximum atomic E-state index is 12.6. The Kier molecular flexibility index (Phi) is 11.7. The van der Waals surface area contributed by atoms with Crippen molar-refractivity contribution in [3.8, 4) is 0 Å². The van der Waals surface area contributed by atoms with E-state index in [0.29, 0.717) is 24.7 Å². The Labute approximate surface area is 357 Å². The lowest BCUT2D eigenvalue weighted by molar-refractivity contribution is -0.773. The van der Waals surface area contributed by atoms with Crippen molar-refractivity contribution >= 4 is 5.97 Å². The van der Waals surface area contributed by atoms with E-state index >= 15 is 0 Å².